The van der Waals surface area contributed by atoms with Gasteiger partial charge < -0.3 is 23.9 Å². The highest BCUT2D eigenvalue weighted by atomic mass is 32.2. The van der Waals surface area contributed by atoms with Crippen molar-refractivity contribution in [3.05, 3.63) is 89.2 Å². The molecule has 2 aliphatic heterocycles. The van der Waals surface area contributed by atoms with Crippen molar-refractivity contribution < 1.29 is 72.3 Å². The molecule has 0 spiro atoms. The molecule has 1 saturated heterocycles. The fourth-order valence-corrected chi connectivity index (χ4v) is 9.13. The van der Waals surface area contributed by atoms with Gasteiger partial charge in [0.25, 0.3) is 42.2 Å². The molecule has 2 aromatic carbocycles. The summed E-state index contributed by atoms with van der Waals surface area (Å²) in [7, 11) is -10.6. The van der Waals surface area contributed by atoms with Gasteiger partial charge in [0.2, 0.25) is 0 Å². The zero-order chi connectivity index (χ0) is 47.5. The number of fused-ring (bicyclic) bond motifs is 1. The van der Waals surface area contributed by atoms with Crippen LogP contribution in [0.5, 0.6) is 0 Å². The number of carbonyl (C=O) groups excluding carboxylic acids is 3. The summed E-state index contributed by atoms with van der Waals surface area (Å²) in [6.45, 7) is 6.19. The van der Waals surface area contributed by atoms with Gasteiger partial charge in [0.1, 0.15) is 0 Å². The SMILES string of the molecule is COCC\N=C(/C=C/C=C/C=C1/N(CCOCCC(=O)ON2C(=O)CCC2=O)c2ccc(S(=O)(=O)O)cc2C1(C)CCOC)C(C)(CCCS(=O)(=O)O)c1cc(S(=O)(=O)O)ccc1C. The third-order valence-corrected chi connectivity index (χ3v) is 13.5. The number of methoxy groups -OCH3 is 2. The van der Waals surface area contributed by atoms with E-state index in [2.05, 4.69) is 0 Å². The quantitative estimate of drug-likeness (QED) is 0.0434. The molecular weight excluding hydrogens is 899 g/mol. The monoisotopic (exact) mass is 953 g/mol. The lowest BCUT2D eigenvalue weighted by molar-refractivity contribution is -0.198. The summed E-state index contributed by atoms with van der Waals surface area (Å²) < 4.78 is 118. The Morgan fingerprint density at radius 3 is 2.14 bits per heavy atom. The second-order valence-corrected chi connectivity index (χ2v) is 19.9. The molecule has 64 heavy (non-hydrogen) atoms. The van der Waals surface area contributed by atoms with E-state index in [0.29, 0.717) is 45.3 Å². The van der Waals surface area contributed by atoms with Gasteiger partial charge >= 0.3 is 5.97 Å². The minimum Gasteiger partial charge on any atom is -0.385 e. The summed E-state index contributed by atoms with van der Waals surface area (Å²) in [5.41, 5.74) is 1.32. The minimum absolute atomic E-state index is 0.0336. The molecule has 2 aliphatic rings. The van der Waals surface area contributed by atoms with Crippen molar-refractivity contribution >= 4 is 59.5 Å². The third kappa shape index (κ3) is 13.5. The molecule has 352 valence electrons. The van der Waals surface area contributed by atoms with Crippen molar-refractivity contribution in [2.45, 2.75) is 79.9 Å². The second kappa shape index (κ2) is 22.0. The van der Waals surface area contributed by atoms with Crippen molar-refractivity contribution in [3.8, 4) is 0 Å². The van der Waals surface area contributed by atoms with E-state index in [0.717, 1.165) is 0 Å². The van der Waals surface area contributed by atoms with Gasteiger partial charge in [0.05, 0.1) is 48.3 Å². The highest BCUT2D eigenvalue weighted by molar-refractivity contribution is 7.86. The minimum atomic E-state index is -4.63. The molecule has 22 heteroatoms. The number of hydroxylamine groups is 2. The normalized spacial score (nSPS) is 19.1. The molecule has 2 heterocycles. The van der Waals surface area contributed by atoms with Gasteiger partial charge in [-0.3, -0.25) is 28.2 Å². The number of nitrogens with zero attached hydrogens (tertiary/aromatic N) is 3. The molecule has 2 atom stereocenters. The Morgan fingerprint density at radius 1 is 0.875 bits per heavy atom. The maximum atomic E-state index is 12.3. The van der Waals surface area contributed by atoms with Crippen LogP contribution in [0.2, 0.25) is 0 Å². The van der Waals surface area contributed by atoms with E-state index >= 15 is 0 Å². The number of aliphatic imine (C=N–C) groups is 1. The summed E-state index contributed by atoms with van der Waals surface area (Å²) in [6, 6.07) is 8.34. The number of aryl methyl sites for hydroxylation is 1. The van der Waals surface area contributed by atoms with Crippen LogP contribution in [0.1, 0.15) is 69.1 Å². The summed E-state index contributed by atoms with van der Waals surface area (Å²) in [6.07, 6.45) is 8.66. The first-order valence-corrected chi connectivity index (χ1v) is 24.6. The molecule has 0 radical (unpaired) electrons. The number of amides is 2. The molecule has 2 unspecified atom stereocenters. The van der Waals surface area contributed by atoms with Crippen molar-refractivity contribution in [3.63, 3.8) is 0 Å². The molecule has 1 fully saturated rings. The van der Waals surface area contributed by atoms with Crippen LogP contribution in [0.25, 0.3) is 0 Å². The van der Waals surface area contributed by atoms with Gasteiger partial charge in [-0.25, -0.2) is 4.79 Å². The molecule has 4 rings (SSSR count). The van der Waals surface area contributed by atoms with Gasteiger partial charge in [0.15, 0.2) is 0 Å². The summed E-state index contributed by atoms with van der Waals surface area (Å²) in [5.74, 6) is -2.61. The fraction of sp³-hybridized carbons (Fsp3) is 0.476. The van der Waals surface area contributed by atoms with Gasteiger partial charge in [-0.15, -0.1) is 5.06 Å². The first kappa shape index (κ1) is 52.0. The maximum absolute atomic E-state index is 12.3. The zero-order valence-electron chi connectivity index (χ0n) is 36.3. The zero-order valence-corrected chi connectivity index (χ0v) is 38.7. The number of anilines is 1. The Morgan fingerprint density at radius 2 is 1.52 bits per heavy atom. The number of hydrogen-bond donors (Lipinski definition) is 3. The average molecular weight is 954 g/mol. The Balaban J connectivity index is 1.71. The van der Waals surface area contributed by atoms with E-state index in [9.17, 15) is 53.3 Å². The predicted molar refractivity (Wildman–Crippen MR) is 235 cm³/mol. The van der Waals surface area contributed by atoms with Gasteiger partial charge in [-0.2, -0.15) is 25.3 Å². The molecule has 0 saturated carbocycles. The van der Waals surface area contributed by atoms with Crippen LogP contribution in [0.3, 0.4) is 0 Å². The first-order valence-electron chi connectivity index (χ1n) is 20.1. The van der Waals surface area contributed by atoms with Crippen molar-refractivity contribution in [1.29, 1.82) is 0 Å². The number of ether oxygens (including phenoxy) is 3. The molecule has 0 bridgehead atoms. The van der Waals surface area contributed by atoms with E-state index in [1.165, 1.54) is 44.6 Å². The molecule has 0 aliphatic carbocycles. The molecule has 2 aromatic rings. The van der Waals surface area contributed by atoms with Crippen molar-refractivity contribution in [1.82, 2.24) is 5.06 Å². The van der Waals surface area contributed by atoms with Crippen LogP contribution in [0.15, 0.2) is 87.3 Å². The van der Waals surface area contributed by atoms with Crippen LogP contribution in [-0.4, -0.2) is 127 Å². The standard InChI is InChI=1S/C42H55N3O16S3/c1-30-12-13-31(63(52,53)54)28-33(30)41(2,19-9-27-62(49,50)51)36(43-21-25-59-5)10-7-6-8-11-37-42(3,20-24-58-4)34-29-32(64(55,56)57)14-15-35(34)44(37)22-26-60-23-18-40(48)61-45-38(46)16-17-39(45)47/h6-8,10-15,28-29H,9,16-27H2,1-5H3,(H,49,50,51)(H,52,53,54)(H,55,56,57)/b8-6+,10-7+,37-11+,43-36+. The second-order valence-electron chi connectivity index (χ2n) is 15.5. The number of carbonyl (C=O) groups is 3. The molecular formula is C42H55N3O16S3. The average Bonchev–Trinajstić information content (AvgIpc) is 3.64. The molecule has 0 aromatic heterocycles. The number of hydrogen-bond acceptors (Lipinski definition) is 15. The molecule has 3 N–H and O–H groups in total. The van der Waals surface area contributed by atoms with E-state index in [-0.39, 0.29) is 81.4 Å². The summed E-state index contributed by atoms with van der Waals surface area (Å²) in [5, 5.41) is 0.457. The van der Waals surface area contributed by atoms with Gasteiger partial charge in [-0.1, -0.05) is 24.3 Å². The van der Waals surface area contributed by atoms with Crippen LogP contribution in [0.4, 0.5) is 5.69 Å². The summed E-state index contributed by atoms with van der Waals surface area (Å²) in [4.78, 5) is 46.9. The topological polar surface area (TPSA) is 270 Å². The lowest BCUT2D eigenvalue weighted by Gasteiger charge is -2.33. The number of rotatable bonds is 24. The molecule has 19 nitrogen and oxygen atoms in total. The lowest BCUT2D eigenvalue weighted by Crippen LogP contribution is -2.34. The number of allylic oxidation sites excluding steroid dienone is 6. The van der Waals surface area contributed by atoms with Crippen molar-refractivity contribution in [2.75, 3.05) is 64.4 Å². The van der Waals surface area contributed by atoms with Crippen LogP contribution in [-0.2, 0) is 74.6 Å². The predicted octanol–water partition coefficient (Wildman–Crippen LogP) is 4.33. The lowest BCUT2D eigenvalue weighted by atomic mass is 9.72. The fourth-order valence-electron chi connectivity index (χ4n) is 7.61. The number of imide groups is 1. The van der Waals surface area contributed by atoms with Crippen molar-refractivity contribution in [2.24, 2.45) is 4.99 Å². The van der Waals surface area contributed by atoms with E-state index < -0.39 is 64.7 Å². The third-order valence-electron chi connectivity index (χ3n) is 11.0. The Labute approximate surface area is 374 Å². The van der Waals surface area contributed by atoms with Crippen LogP contribution >= 0.6 is 0 Å². The maximum Gasteiger partial charge on any atom is 0.335 e. The highest BCUT2D eigenvalue weighted by Gasteiger charge is 2.44. The molecule has 2 amide bonds. The van der Waals surface area contributed by atoms with E-state index in [4.69, 9.17) is 24.0 Å². The van der Waals surface area contributed by atoms with E-state index in [1.807, 2.05) is 11.8 Å². The largest absolute Gasteiger partial charge is 0.385 e. The van der Waals surface area contributed by atoms with E-state index in [1.54, 1.807) is 50.3 Å². The highest BCUT2D eigenvalue weighted by Crippen LogP contribution is 2.50. The van der Waals surface area contributed by atoms with Gasteiger partial charge in [0, 0.05) is 68.1 Å². The van der Waals surface area contributed by atoms with Crippen LogP contribution < -0.4 is 4.90 Å². The summed E-state index contributed by atoms with van der Waals surface area (Å²) >= 11 is 0. The Kier molecular flexibility index (Phi) is 17.9. The Bertz CT molecular complexity index is 2500. The number of benzene rings is 2. The smallest absolute Gasteiger partial charge is 0.335 e. The first-order chi connectivity index (χ1) is 30.0. The Hall–Kier alpha value is -4.65. The van der Waals surface area contributed by atoms with Crippen LogP contribution in [0, 0.1) is 6.92 Å². The van der Waals surface area contributed by atoms with Gasteiger partial charge in [-0.05, 0) is 99.2 Å².